The van der Waals surface area contributed by atoms with Crippen LogP contribution in [0.4, 0.5) is 34.3 Å². The van der Waals surface area contributed by atoms with Crippen molar-refractivity contribution in [1.29, 1.82) is 0 Å². The first kappa shape index (κ1) is 35.6. The largest absolute Gasteiger partial charge is 0.468 e. The first-order valence-corrected chi connectivity index (χ1v) is 23.7. The van der Waals surface area contributed by atoms with Crippen molar-refractivity contribution in [2.45, 2.75) is 0 Å². The Bertz CT molecular complexity index is 4110. The summed E-state index contributed by atoms with van der Waals surface area (Å²) in [5.74, 6) is 0.816. The lowest BCUT2D eigenvalue weighted by molar-refractivity contribution is 0.622. The third-order valence-corrected chi connectivity index (χ3v) is 15.9. The molecule has 0 aliphatic carbocycles. The summed E-state index contributed by atoms with van der Waals surface area (Å²) in [6.45, 7) is -0.271. The van der Waals surface area contributed by atoms with Crippen LogP contribution in [0, 0.1) is 0 Å². The van der Waals surface area contributed by atoms with Gasteiger partial charge >= 0.3 is 6.71 Å². The van der Waals surface area contributed by atoms with E-state index in [-0.39, 0.29) is 6.71 Å². The van der Waals surface area contributed by atoms with Gasteiger partial charge in [-0.15, -0.1) is 22.7 Å². The number of para-hydroxylation sites is 2. The molecule has 0 N–H and O–H groups in total. The molecule has 0 fully saturated rings. The topological polar surface area (TPSA) is 32.8 Å². The zero-order valence-electron chi connectivity index (χ0n) is 34.7. The van der Waals surface area contributed by atoms with Gasteiger partial charge in [-0.3, -0.25) is 4.90 Å². The maximum atomic E-state index is 7.35. The highest BCUT2D eigenvalue weighted by atomic mass is 32.1. The molecule has 0 radical (unpaired) electrons. The molecular formula is C58H33BN2O2S2. The summed E-state index contributed by atoms with van der Waals surface area (Å²) in [4.78, 5) is 5.02. The molecule has 2 aliphatic heterocycles. The number of thiophene rings is 2. The fourth-order valence-corrected chi connectivity index (χ4v) is 13.3. The van der Waals surface area contributed by atoms with E-state index in [2.05, 4.69) is 210 Å². The molecule has 4 aromatic heterocycles. The predicted octanol–water partition coefficient (Wildman–Crippen LogP) is 15.3. The second-order valence-corrected chi connectivity index (χ2v) is 19.2. The number of hydrogen-bond donors (Lipinski definition) is 0. The summed E-state index contributed by atoms with van der Waals surface area (Å²) >= 11 is 3.70. The molecule has 0 amide bonds. The quantitative estimate of drug-likeness (QED) is 0.165. The lowest BCUT2D eigenvalue weighted by atomic mass is 9.35. The van der Waals surface area contributed by atoms with Gasteiger partial charge in [0.05, 0.1) is 22.7 Å². The van der Waals surface area contributed by atoms with Crippen LogP contribution in [0.1, 0.15) is 0 Å². The molecule has 9 aromatic carbocycles. The molecule has 7 heteroatoms. The zero-order valence-corrected chi connectivity index (χ0v) is 36.3. The molecule has 302 valence electrons. The Morgan fingerprint density at radius 2 is 0.846 bits per heavy atom. The molecule has 0 unspecified atom stereocenters. The molecule has 0 spiro atoms. The number of furan rings is 2. The van der Waals surface area contributed by atoms with Crippen LogP contribution in [0.25, 0.3) is 84.5 Å². The van der Waals surface area contributed by atoms with Gasteiger partial charge in [-0.05, 0) is 71.2 Å². The van der Waals surface area contributed by atoms with Gasteiger partial charge in [-0.2, -0.15) is 0 Å². The SMILES string of the molecule is c1ccc(-c2ccc3sc4ccccc4c3c2N2c3cccc4c3B(c3oc5ccccc5c3N4c3c(-c4ccccc4)ccc4sc5ccccc5c34)c3c2oc2ccccc32)cc1. The Kier molecular flexibility index (Phi) is 7.31. The molecule has 2 aliphatic rings. The van der Waals surface area contributed by atoms with Gasteiger partial charge in [-0.1, -0.05) is 146 Å². The molecule has 15 rings (SSSR count). The minimum Gasteiger partial charge on any atom is -0.468 e. The minimum absolute atomic E-state index is 0.271. The third-order valence-electron chi connectivity index (χ3n) is 13.7. The maximum absolute atomic E-state index is 7.35. The highest BCUT2D eigenvalue weighted by Gasteiger charge is 2.50. The summed E-state index contributed by atoms with van der Waals surface area (Å²) in [7, 11) is 0. The van der Waals surface area contributed by atoms with Crippen molar-refractivity contribution in [1.82, 2.24) is 0 Å². The van der Waals surface area contributed by atoms with Crippen molar-refractivity contribution in [3.05, 3.63) is 200 Å². The van der Waals surface area contributed by atoms with E-state index in [9.17, 15) is 0 Å². The van der Waals surface area contributed by atoms with E-state index < -0.39 is 0 Å². The van der Waals surface area contributed by atoms with Gasteiger partial charge < -0.3 is 13.7 Å². The van der Waals surface area contributed by atoms with Crippen LogP contribution in [0.2, 0.25) is 0 Å². The van der Waals surface area contributed by atoms with Crippen molar-refractivity contribution in [3.63, 3.8) is 0 Å². The molecule has 0 atom stereocenters. The number of anilines is 6. The van der Waals surface area contributed by atoms with Gasteiger partial charge in [0.1, 0.15) is 11.2 Å². The monoisotopic (exact) mass is 864 g/mol. The summed E-state index contributed by atoms with van der Waals surface area (Å²) in [6.07, 6.45) is 0. The second-order valence-electron chi connectivity index (χ2n) is 17.0. The van der Waals surface area contributed by atoms with Gasteiger partial charge in [-0.25, -0.2) is 0 Å². The van der Waals surface area contributed by atoms with Gasteiger partial charge in [0.2, 0.25) is 5.88 Å². The van der Waals surface area contributed by atoms with Crippen LogP contribution >= 0.6 is 22.7 Å². The van der Waals surface area contributed by atoms with Crippen molar-refractivity contribution in [2.24, 2.45) is 0 Å². The smallest absolute Gasteiger partial charge is 0.302 e. The molecule has 65 heavy (non-hydrogen) atoms. The van der Waals surface area contributed by atoms with Gasteiger partial charge in [0.15, 0.2) is 0 Å². The molecule has 0 saturated heterocycles. The standard InChI is InChI=1S/C58H33BN2O2S2/c1-3-16-34(17-4-1)36-30-32-48-50(40-22-9-13-28-46(40)64-48)54(36)60-42-24-15-25-43-53(42)59(57-56(60)39-21-8-12-27-45(39)62-57)52-38-20-7-11-26-44(38)63-58(52)61(43)55-37(35-18-5-2-6-19-35)31-33-49-51(55)41-23-10-14-29-47(41)65-49/h1-33H. The van der Waals surface area contributed by atoms with Crippen LogP contribution in [0.3, 0.4) is 0 Å². The fourth-order valence-electron chi connectivity index (χ4n) is 11.1. The molecule has 0 bridgehead atoms. The second kappa shape index (κ2) is 13.3. The van der Waals surface area contributed by atoms with Crippen LogP contribution < -0.4 is 26.4 Å². The molecule has 6 heterocycles. The Labute approximate surface area is 381 Å². The van der Waals surface area contributed by atoms with Crippen molar-refractivity contribution < 1.29 is 8.83 Å². The van der Waals surface area contributed by atoms with E-state index >= 15 is 0 Å². The first-order chi connectivity index (χ1) is 32.3. The molecule has 13 aromatic rings. The Balaban J connectivity index is 1.13. The highest BCUT2D eigenvalue weighted by molar-refractivity contribution is 7.26. The summed E-state index contributed by atoms with van der Waals surface area (Å²) in [5.41, 5.74) is 15.0. The van der Waals surface area contributed by atoms with Crippen molar-refractivity contribution in [2.75, 3.05) is 9.80 Å². The maximum Gasteiger partial charge on any atom is 0.302 e. The number of rotatable bonds is 4. The lowest BCUT2D eigenvalue weighted by Gasteiger charge is -2.41. The van der Waals surface area contributed by atoms with E-state index in [1.165, 1.54) is 45.8 Å². The Morgan fingerprint density at radius 3 is 1.46 bits per heavy atom. The first-order valence-electron chi connectivity index (χ1n) is 22.0. The number of hydrogen-bond acceptors (Lipinski definition) is 6. The normalized spacial score (nSPS) is 13.1. The van der Waals surface area contributed by atoms with Crippen LogP contribution in [-0.4, -0.2) is 6.71 Å². The number of benzene rings is 9. The predicted molar refractivity (Wildman–Crippen MR) is 277 cm³/mol. The summed E-state index contributed by atoms with van der Waals surface area (Å²) in [6, 6.07) is 72.6. The van der Waals surface area contributed by atoms with E-state index in [4.69, 9.17) is 8.83 Å². The minimum atomic E-state index is -0.271. The number of nitrogens with zero attached hydrogens (tertiary/aromatic N) is 2. The molecule has 4 nitrogen and oxygen atoms in total. The zero-order chi connectivity index (χ0) is 42.3. The molecular weight excluding hydrogens is 832 g/mol. The number of fused-ring (bicyclic) bond motifs is 14. The van der Waals surface area contributed by atoms with Crippen molar-refractivity contribution >= 4 is 143 Å². The van der Waals surface area contributed by atoms with E-state index in [1.54, 1.807) is 0 Å². The molecule has 0 saturated carbocycles. The van der Waals surface area contributed by atoms with Crippen molar-refractivity contribution in [3.8, 4) is 22.3 Å². The van der Waals surface area contributed by atoms with Gasteiger partial charge in [0.25, 0.3) is 0 Å². The average Bonchev–Trinajstić information content (AvgIpc) is 4.15. The Morgan fingerprint density at radius 1 is 0.354 bits per heavy atom. The fraction of sp³-hybridized carbons (Fsp3) is 0. The third kappa shape index (κ3) is 4.86. The lowest BCUT2D eigenvalue weighted by Crippen LogP contribution is -2.60. The van der Waals surface area contributed by atoms with E-state index in [0.717, 1.165) is 89.6 Å². The highest BCUT2D eigenvalue weighted by Crippen LogP contribution is 2.56. The van der Waals surface area contributed by atoms with Crippen LogP contribution in [0.15, 0.2) is 209 Å². The summed E-state index contributed by atoms with van der Waals surface area (Å²) in [5, 5.41) is 7.09. The van der Waals surface area contributed by atoms with E-state index in [0.29, 0.717) is 0 Å². The van der Waals surface area contributed by atoms with E-state index in [1.807, 2.05) is 22.7 Å². The van der Waals surface area contributed by atoms with Crippen LogP contribution in [0.5, 0.6) is 0 Å². The summed E-state index contributed by atoms with van der Waals surface area (Å²) < 4.78 is 19.6. The van der Waals surface area contributed by atoms with Crippen LogP contribution in [-0.2, 0) is 0 Å². The van der Waals surface area contributed by atoms with Gasteiger partial charge in [0, 0.05) is 79.1 Å². The Hall–Kier alpha value is -7.84. The average molecular weight is 865 g/mol.